The number of hydrogen-bond donors (Lipinski definition) is 2. The predicted octanol–water partition coefficient (Wildman–Crippen LogP) is 4.48. The van der Waals surface area contributed by atoms with Crippen molar-refractivity contribution in [2.45, 2.75) is 46.5 Å². The molecule has 2 aromatic heterocycles. The van der Waals surface area contributed by atoms with Crippen molar-refractivity contribution in [2.75, 3.05) is 5.32 Å². The molecule has 2 N–H and O–H groups in total. The Morgan fingerprint density at radius 1 is 1.05 bits per heavy atom. The van der Waals surface area contributed by atoms with Crippen molar-refractivity contribution in [1.82, 2.24) is 35.3 Å². The van der Waals surface area contributed by atoms with Crippen LogP contribution in [0.25, 0.3) is 5.69 Å². The number of nitrogens with one attached hydrogen (secondary N) is 2. The number of carbonyl (C=O) groups excluding carboxylic acids is 3. The zero-order chi connectivity index (χ0) is 30.1. The van der Waals surface area contributed by atoms with Gasteiger partial charge < -0.3 is 10.6 Å². The van der Waals surface area contributed by atoms with E-state index >= 15 is 0 Å². The lowest BCUT2D eigenvalue weighted by Crippen LogP contribution is -2.31. The van der Waals surface area contributed by atoms with Crippen LogP contribution in [0.3, 0.4) is 0 Å². The molecule has 214 valence electrons. The molecule has 15 heteroatoms. The number of alkyl halides is 3. The molecule has 0 atom stereocenters. The van der Waals surface area contributed by atoms with Gasteiger partial charge in [0.1, 0.15) is 12.2 Å². The Bertz CT molecular complexity index is 1650. The number of hydrogen-bond acceptors (Lipinski definition) is 7. The van der Waals surface area contributed by atoms with E-state index in [-0.39, 0.29) is 51.6 Å². The molecule has 0 unspecified atom stereocenters. The summed E-state index contributed by atoms with van der Waals surface area (Å²) in [5, 5.41) is 19.9. The lowest BCUT2D eigenvalue weighted by molar-refractivity contribution is -0.145. The van der Waals surface area contributed by atoms with E-state index in [2.05, 4.69) is 31.1 Å². The molecule has 2 aromatic carbocycles. The first-order valence-corrected chi connectivity index (χ1v) is 12.6. The molecule has 0 aliphatic rings. The first-order valence-electron chi connectivity index (χ1n) is 12.2. The molecule has 4 aromatic rings. The summed E-state index contributed by atoms with van der Waals surface area (Å²) in [5.41, 5.74) is 1.38. The van der Waals surface area contributed by atoms with E-state index in [0.29, 0.717) is 16.0 Å². The summed E-state index contributed by atoms with van der Waals surface area (Å²) in [7, 11) is 0. The molecule has 0 saturated heterocycles. The van der Waals surface area contributed by atoms with Gasteiger partial charge in [0.05, 0.1) is 27.7 Å². The predicted molar refractivity (Wildman–Crippen MR) is 142 cm³/mol. The Hall–Kier alpha value is -4.59. The third-order valence-electron chi connectivity index (χ3n) is 5.73. The van der Waals surface area contributed by atoms with Gasteiger partial charge in [-0.05, 0) is 68.8 Å². The van der Waals surface area contributed by atoms with Crippen LogP contribution < -0.4 is 10.6 Å². The van der Waals surface area contributed by atoms with Crippen LogP contribution in [0, 0.1) is 6.92 Å². The SMILES string of the molecule is CC(=O)c1cc(C)c(NC(=O)c2cc(Cn3nnc(C(F)(F)F)n3)nn2-c2ccccc2Cl)c(C(=O)NC(C)C)c1. The third-order valence-corrected chi connectivity index (χ3v) is 6.05. The van der Waals surface area contributed by atoms with Gasteiger partial charge in [0, 0.05) is 11.6 Å². The van der Waals surface area contributed by atoms with Crippen molar-refractivity contribution < 1.29 is 27.6 Å². The Kier molecular flexibility index (Phi) is 8.24. The fourth-order valence-corrected chi connectivity index (χ4v) is 4.11. The molecule has 4 rings (SSSR count). The maximum atomic E-state index is 13.7. The van der Waals surface area contributed by atoms with Gasteiger partial charge >= 0.3 is 6.18 Å². The number of rotatable bonds is 8. The highest BCUT2D eigenvalue weighted by molar-refractivity contribution is 6.32. The molecular weight excluding hydrogens is 565 g/mol. The van der Waals surface area contributed by atoms with Gasteiger partial charge in [0.2, 0.25) is 0 Å². The van der Waals surface area contributed by atoms with Crippen molar-refractivity contribution >= 4 is 34.9 Å². The smallest absolute Gasteiger partial charge is 0.350 e. The highest BCUT2D eigenvalue weighted by atomic mass is 35.5. The molecule has 0 saturated carbocycles. The average Bonchev–Trinajstić information content (AvgIpc) is 3.52. The highest BCUT2D eigenvalue weighted by Gasteiger charge is 2.37. The van der Waals surface area contributed by atoms with Crippen LogP contribution in [-0.4, -0.2) is 53.6 Å². The first kappa shape index (κ1) is 29.4. The van der Waals surface area contributed by atoms with E-state index in [0.717, 1.165) is 0 Å². The Labute approximate surface area is 236 Å². The minimum absolute atomic E-state index is 0.0467. The van der Waals surface area contributed by atoms with E-state index in [1.54, 1.807) is 51.1 Å². The number of ketones is 1. The monoisotopic (exact) mass is 588 g/mol. The molecule has 41 heavy (non-hydrogen) atoms. The van der Waals surface area contributed by atoms with Crippen molar-refractivity contribution in [3.8, 4) is 5.69 Å². The minimum atomic E-state index is -4.78. The summed E-state index contributed by atoms with van der Waals surface area (Å²) in [6.45, 7) is 6.20. The standard InChI is InChI=1S/C26H24ClF3N8O3/c1-13(2)31-23(40)18-10-16(15(4)39)9-14(3)22(18)32-24(41)21-11-17(12-37-35-25(33-36-37)26(28,29)30)34-38(21)20-8-6-5-7-19(20)27/h5-11,13H,12H2,1-4H3,(H,31,40)(H,32,41). The Balaban J connectivity index is 1.76. The number of Topliss-reactive ketones (excluding diaryl/α,β-unsaturated/α-hetero) is 1. The summed E-state index contributed by atoms with van der Waals surface area (Å²) >= 11 is 6.36. The van der Waals surface area contributed by atoms with Crippen molar-refractivity contribution in [3.05, 3.63) is 81.4 Å². The molecule has 11 nitrogen and oxygen atoms in total. The van der Waals surface area contributed by atoms with Gasteiger partial charge in [-0.3, -0.25) is 14.4 Å². The molecule has 2 amide bonds. The number of aromatic nitrogens is 6. The number of halogens is 4. The van der Waals surface area contributed by atoms with Gasteiger partial charge in [-0.1, -0.05) is 23.7 Å². The minimum Gasteiger partial charge on any atom is -0.350 e. The zero-order valence-electron chi connectivity index (χ0n) is 22.2. The van der Waals surface area contributed by atoms with Crippen LogP contribution in [0.4, 0.5) is 18.9 Å². The maximum absolute atomic E-state index is 13.7. The Morgan fingerprint density at radius 2 is 1.76 bits per heavy atom. The summed E-state index contributed by atoms with van der Waals surface area (Å²) in [6.07, 6.45) is -4.78. The number of nitrogens with zero attached hydrogens (tertiary/aromatic N) is 6. The second kappa shape index (κ2) is 11.5. The van der Waals surface area contributed by atoms with Crippen molar-refractivity contribution in [2.24, 2.45) is 0 Å². The fourth-order valence-electron chi connectivity index (χ4n) is 3.90. The normalized spacial score (nSPS) is 11.5. The third kappa shape index (κ3) is 6.60. The van der Waals surface area contributed by atoms with Crippen molar-refractivity contribution in [1.29, 1.82) is 0 Å². The zero-order valence-corrected chi connectivity index (χ0v) is 23.0. The largest absolute Gasteiger partial charge is 0.455 e. The second-order valence-corrected chi connectivity index (χ2v) is 9.79. The molecule has 2 heterocycles. The molecule has 0 aliphatic heterocycles. The van der Waals surface area contributed by atoms with E-state index in [9.17, 15) is 27.6 Å². The topological polar surface area (TPSA) is 137 Å². The van der Waals surface area contributed by atoms with Crippen LogP contribution in [0.5, 0.6) is 0 Å². The molecule has 0 aliphatic carbocycles. The van der Waals surface area contributed by atoms with Gasteiger partial charge in [-0.2, -0.15) is 23.1 Å². The van der Waals surface area contributed by atoms with Gasteiger partial charge in [0.15, 0.2) is 5.78 Å². The highest BCUT2D eigenvalue weighted by Crippen LogP contribution is 2.27. The summed E-state index contributed by atoms with van der Waals surface area (Å²) in [6, 6.07) is 10.6. The van der Waals surface area contributed by atoms with Crippen LogP contribution in [0.1, 0.15) is 69.1 Å². The molecule has 0 fully saturated rings. The Morgan fingerprint density at radius 3 is 2.37 bits per heavy atom. The number of anilines is 1. The first-order chi connectivity index (χ1) is 19.2. The van der Waals surface area contributed by atoms with E-state index in [1.807, 2.05) is 0 Å². The number of para-hydroxylation sites is 1. The molecular formula is C26H24ClF3N8O3. The van der Waals surface area contributed by atoms with E-state index in [4.69, 9.17) is 11.6 Å². The maximum Gasteiger partial charge on any atom is 0.455 e. The average molecular weight is 589 g/mol. The molecule has 0 radical (unpaired) electrons. The number of carbonyl (C=O) groups is 3. The summed E-state index contributed by atoms with van der Waals surface area (Å²) < 4.78 is 40.0. The van der Waals surface area contributed by atoms with Crippen LogP contribution in [0.2, 0.25) is 5.02 Å². The van der Waals surface area contributed by atoms with Gasteiger partial charge in [-0.25, -0.2) is 4.68 Å². The van der Waals surface area contributed by atoms with Crippen LogP contribution in [0.15, 0.2) is 42.5 Å². The van der Waals surface area contributed by atoms with Crippen LogP contribution in [-0.2, 0) is 12.7 Å². The molecule has 0 spiro atoms. The van der Waals surface area contributed by atoms with Crippen LogP contribution >= 0.6 is 11.6 Å². The second-order valence-electron chi connectivity index (χ2n) is 9.38. The van der Waals surface area contributed by atoms with Gasteiger partial charge in [-0.15, -0.1) is 10.2 Å². The van der Waals surface area contributed by atoms with E-state index in [1.165, 1.54) is 23.7 Å². The van der Waals surface area contributed by atoms with E-state index < -0.39 is 23.8 Å². The number of benzene rings is 2. The lowest BCUT2D eigenvalue weighted by Gasteiger charge is -2.17. The van der Waals surface area contributed by atoms with Gasteiger partial charge in [0.25, 0.3) is 17.6 Å². The van der Waals surface area contributed by atoms with Crippen molar-refractivity contribution in [3.63, 3.8) is 0 Å². The lowest BCUT2D eigenvalue weighted by atomic mass is 10.00. The number of tetrazole rings is 1. The summed E-state index contributed by atoms with van der Waals surface area (Å²) in [4.78, 5) is 39.5. The number of amides is 2. The quantitative estimate of drug-likeness (QED) is 0.290. The fraction of sp³-hybridized carbons (Fsp3) is 0.269. The number of aryl methyl sites for hydroxylation is 1. The summed E-state index contributed by atoms with van der Waals surface area (Å²) in [5.74, 6) is -2.89. The molecule has 0 bridgehead atoms.